The fraction of sp³-hybridized carbons (Fsp3) is 0.389. The summed E-state index contributed by atoms with van der Waals surface area (Å²) in [7, 11) is 0. The fourth-order valence-corrected chi connectivity index (χ4v) is 2.45. The zero-order valence-corrected chi connectivity index (χ0v) is 13.4. The summed E-state index contributed by atoms with van der Waals surface area (Å²) in [6.07, 6.45) is 4.38. The summed E-state index contributed by atoms with van der Waals surface area (Å²) in [6, 6.07) is 8.59. The van der Waals surface area contributed by atoms with Crippen LogP contribution in [0, 0.1) is 0 Å². The predicted molar refractivity (Wildman–Crippen MR) is 90.2 cm³/mol. The minimum absolute atomic E-state index is 0.00941. The zero-order chi connectivity index (χ0) is 17.4. The molecule has 0 unspecified atom stereocenters. The van der Waals surface area contributed by atoms with Gasteiger partial charge in [-0.05, 0) is 25.0 Å². The number of hydrogen-bond acceptors (Lipinski definition) is 4. The molecular weight excluding hydrogens is 310 g/mol. The number of amides is 1. The Hall–Kier alpha value is -2.63. The van der Waals surface area contributed by atoms with Crippen molar-refractivity contribution < 1.29 is 19.1 Å². The van der Waals surface area contributed by atoms with Crippen LogP contribution >= 0.6 is 0 Å². The molecule has 6 heteroatoms. The van der Waals surface area contributed by atoms with E-state index >= 15 is 0 Å². The number of para-hydroxylation sites is 1. The van der Waals surface area contributed by atoms with Crippen LogP contribution in [0.5, 0.6) is 0 Å². The third kappa shape index (κ3) is 5.22. The minimum atomic E-state index is -0.767. The second-order valence-electron chi connectivity index (χ2n) is 5.65. The van der Waals surface area contributed by atoms with Crippen LogP contribution in [0.2, 0.25) is 0 Å². The van der Waals surface area contributed by atoms with Crippen molar-refractivity contribution in [2.24, 2.45) is 0 Å². The average molecular weight is 331 g/mol. The number of rotatable bonds is 9. The molecule has 0 aliphatic heterocycles. The van der Waals surface area contributed by atoms with Crippen molar-refractivity contribution in [1.82, 2.24) is 5.32 Å². The van der Waals surface area contributed by atoms with Gasteiger partial charge in [-0.25, -0.2) is 4.79 Å². The highest BCUT2D eigenvalue weighted by atomic mass is 16.4. The maximum absolute atomic E-state index is 12.1. The maximum atomic E-state index is 12.1. The highest BCUT2D eigenvalue weighted by Crippen LogP contribution is 2.12. The van der Waals surface area contributed by atoms with Gasteiger partial charge in [0.2, 0.25) is 0 Å². The molecular formula is C18H21NO5. The van der Waals surface area contributed by atoms with Crippen LogP contribution in [-0.4, -0.2) is 23.5 Å². The molecule has 0 aliphatic carbocycles. The highest BCUT2D eigenvalue weighted by Gasteiger charge is 2.12. The lowest BCUT2D eigenvalue weighted by atomic mass is 10.1. The SMILES string of the molecule is O=C(O)CCCCCCCNC(=O)c1cc2ccccc2oc1=O. The summed E-state index contributed by atoms with van der Waals surface area (Å²) in [6.45, 7) is 0.476. The van der Waals surface area contributed by atoms with Gasteiger partial charge in [-0.15, -0.1) is 0 Å². The van der Waals surface area contributed by atoms with Gasteiger partial charge in [0, 0.05) is 18.4 Å². The number of aliphatic carboxylic acids is 1. The van der Waals surface area contributed by atoms with E-state index in [-0.39, 0.29) is 12.0 Å². The third-order valence-electron chi connectivity index (χ3n) is 3.74. The van der Waals surface area contributed by atoms with Gasteiger partial charge in [-0.1, -0.05) is 37.5 Å². The third-order valence-corrected chi connectivity index (χ3v) is 3.74. The molecule has 1 amide bonds. The van der Waals surface area contributed by atoms with Gasteiger partial charge in [-0.3, -0.25) is 9.59 Å². The van der Waals surface area contributed by atoms with Crippen molar-refractivity contribution >= 4 is 22.8 Å². The van der Waals surface area contributed by atoms with Crippen LogP contribution in [0.15, 0.2) is 39.5 Å². The van der Waals surface area contributed by atoms with Gasteiger partial charge in [0.1, 0.15) is 11.1 Å². The van der Waals surface area contributed by atoms with Gasteiger partial charge < -0.3 is 14.8 Å². The topological polar surface area (TPSA) is 96.6 Å². The lowest BCUT2D eigenvalue weighted by Crippen LogP contribution is -2.29. The van der Waals surface area contributed by atoms with Gasteiger partial charge in [0.05, 0.1) is 0 Å². The van der Waals surface area contributed by atoms with Crippen molar-refractivity contribution in [3.63, 3.8) is 0 Å². The molecule has 128 valence electrons. The molecule has 24 heavy (non-hydrogen) atoms. The van der Waals surface area contributed by atoms with E-state index in [1.165, 1.54) is 0 Å². The number of benzene rings is 1. The zero-order valence-electron chi connectivity index (χ0n) is 13.4. The number of carbonyl (C=O) groups excluding carboxylic acids is 1. The molecule has 0 radical (unpaired) electrons. The molecule has 1 aromatic carbocycles. The number of carboxylic acid groups (broad SMARTS) is 1. The van der Waals surface area contributed by atoms with Crippen LogP contribution in [0.3, 0.4) is 0 Å². The normalized spacial score (nSPS) is 10.7. The van der Waals surface area contributed by atoms with E-state index in [9.17, 15) is 14.4 Å². The van der Waals surface area contributed by atoms with Crippen molar-refractivity contribution in [1.29, 1.82) is 0 Å². The standard InChI is InChI=1S/C18H21NO5/c20-16(21)10-4-2-1-3-7-11-19-17(22)14-12-13-8-5-6-9-15(13)24-18(14)23/h5-6,8-9,12H,1-4,7,10-11H2,(H,19,22)(H,20,21). The molecule has 0 saturated heterocycles. The molecule has 2 N–H and O–H groups in total. The molecule has 0 bridgehead atoms. The first kappa shape index (κ1) is 17.7. The second-order valence-corrected chi connectivity index (χ2v) is 5.65. The van der Waals surface area contributed by atoms with E-state index in [1.807, 2.05) is 6.07 Å². The molecule has 0 saturated carbocycles. The van der Waals surface area contributed by atoms with E-state index < -0.39 is 17.5 Å². The molecule has 0 aliphatic rings. The van der Waals surface area contributed by atoms with E-state index in [2.05, 4.69) is 5.32 Å². The molecule has 1 aromatic heterocycles. The summed E-state index contributed by atoms with van der Waals surface area (Å²) < 4.78 is 5.14. The first-order chi connectivity index (χ1) is 11.6. The number of hydrogen-bond donors (Lipinski definition) is 2. The monoisotopic (exact) mass is 331 g/mol. The van der Waals surface area contributed by atoms with Crippen LogP contribution in [-0.2, 0) is 4.79 Å². The Bertz CT molecular complexity index is 765. The first-order valence-electron chi connectivity index (χ1n) is 8.11. The second kappa shape index (κ2) is 8.86. The van der Waals surface area contributed by atoms with Crippen molar-refractivity contribution in [3.8, 4) is 0 Å². The molecule has 2 rings (SSSR count). The minimum Gasteiger partial charge on any atom is -0.481 e. The van der Waals surface area contributed by atoms with Gasteiger partial charge in [0.25, 0.3) is 5.91 Å². The average Bonchev–Trinajstić information content (AvgIpc) is 2.56. The molecule has 2 aromatic rings. The summed E-state index contributed by atoms with van der Waals surface area (Å²) in [4.78, 5) is 34.3. The lowest BCUT2D eigenvalue weighted by Gasteiger charge is -2.05. The molecule has 0 atom stereocenters. The van der Waals surface area contributed by atoms with E-state index in [4.69, 9.17) is 9.52 Å². The Balaban J connectivity index is 1.76. The van der Waals surface area contributed by atoms with Gasteiger partial charge in [-0.2, -0.15) is 0 Å². The van der Waals surface area contributed by atoms with Gasteiger partial charge in [0.15, 0.2) is 0 Å². The Morgan fingerprint density at radius 1 is 1.04 bits per heavy atom. The highest BCUT2D eigenvalue weighted by molar-refractivity contribution is 5.96. The number of carboxylic acids is 1. The van der Waals surface area contributed by atoms with Crippen LogP contribution in [0.1, 0.15) is 48.9 Å². The molecule has 1 heterocycles. The molecule has 0 fully saturated rings. The van der Waals surface area contributed by atoms with Crippen molar-refractivity contribution in [3.05, 3.63) is 46.3 Å². The van der Waals surface area contributed by atoms with E-state index in [1.54, 1.807) is 24.3 Å². The predicted octanol–water partition coefficient (Wildman–Crippen LogP) is 2.95. The summed E-state index contributed by atoms with van der Waals surface area (Å²) in [5.41, 5.74) is -0.171. The maximum Gasteiger partial charge on any atom is 0.349 e. The Labute approximate surface area is 139 Å². The van der Waals surface area contributed by atoms with Crippen LogP contribution < -0.4 is 10.9 Å². The van der Waals surface area contributed by atoms with Crippen molar-refractivity contribution in [2.45, 2.75) is 38.5 Å². The van der Waals surface area contributed by atoms with Crippen molar-refractivity contribution in [2.75, 3.05) is 6.54 Å². The van der Waals surface area contributed by atoms with E-state index in [0.717, 1.165) is 25.7 Å². The number of fused-ring (bicyclic) bond motifs is 1. The summed E-state index contributed by atoms with van der Waals surface area (Å²) in [5, 5.41) is 12.0. The smallest absolute Gasteiger partial charge is 0.349 e. The molecule has 6 nitrogen and oxygen atoms in total. The fourth-order valence-electron chi connectivity index (χ4n) is 2.45. The first-order valence-corrected chi connectivity index (χ1v) is 8.11. The van der Waals surface area contributed by atoms with Gasteiger partial charge >= 0.3 is 11.6 Å². The van der Waals surface area contributed by atoms with Crippen LogP contribution in [0.25, 0.3) is 11.0 Å². The summed E-state index contributed by atoms with van der Waals surface area (Å²) in [5.74, 6) is -1.20. The van der Waals surface area contributed by atoms with Crippen LogP contribution in [0.4, 0.5) is 0 Å². The summed E-state index contributed by atoms with van der Waals surface area (Å²) >= 11 is 0. The Morgan fingerprint density at radius 3 is 2.54 bits per heavy atom. The number of unbranched alkanes of at least 4 members (excludes halogenated alkanes) is 4. The Kier molecular flexibility index (Phi) is 6.54. The lowest BCUT2D eigenvalue weighted by molar-refractivity contribution is -0.137. The Morgan fingerprint density at radius 2 is 1.75 bits per heavy atom. The molecule has 0 spiro atoms. The number of carbonyl (C=O) groups is 2. The largest absolute Gasteiger partial charge is 0.481 e. The number of nitrogens with one attached hydrogen (secondary N) is 1. The van der Waals surface area contributed by atoms with E-state index in [0.29, 0.717) is 23.9 Å². The quantitative estimate of drug-likeness (QED) is 0.544.